The molecule has 3 rings (SSSR count). The Balaban J connectivity index is 1.86. The first-order chi connectivity index (χ1) is 10.0. The zero-order chi connectivity index (χ0) is 15.0. The fourth-order valence-electron chi connectivity index (χ4n) is 2.14. The Hall–Kier alpha value is -2.70. The number of carbonyl (C=O) groups excluding carboxylic acids is 1. The quantitative estimate of drug-likeness (QED) is 0.799. The van der Waals surface area contributed by atoms with Gasteiger partial charge >= 0.3 is 0 Å². The SMILES string of the molecule is Cc1ncc(CNC(=O)c2nn(C)c3ccc(F)cc23)o1. The van der Waals surface area contributed by atoms with Gasteiger partial charge in [-0.1, -0.05) is 0 Å². The van der Waals surface area contributed by atoms with Crippen molar-refractivity contribution in [3.8, 4) is 0 Å². The molecule has 0 radical (unpaired) electrons. The number of aromatic nitrogens is 3. The third kappa shape index (κ3) is 2.49. The molecule has 0 fully saturated rings. The number of nitrogens with one attached hydrogen (secondary N) is 1. The molecule has 0 aliphatic carbocycles. The number of amides is 1. The van der Waals surface area contributed by atoms with Crippen molar-refractivity contribution in [3.05, 3.63) is 47.6 Å². The topological polar surface area (TPSA) is 73.0 Å². The van der Waals surface area contributed by atoms with E-state index in [2.05, 4.69) is 15.4 Å². The van der Waals surface area contributed by atoms with Crippen LogP contribution in [0.1, 0.15) is 22.1 Å². The van der Waals surface area contributed by atoms with Gasteiger partial charge in [0, 0.05) is 19.4 Å². The van der Waals surface area contributed by atoms with Crippen LogP contribution < -0.4 is 5.32 Å². The predicted octanol–water partition coefficient (Wildman–Crippen LogP) is 1.94. The Morgan fingerprint density at radius 3 is 3.00 bits per heavy atom. The van der Waals surface area contributed by atoms with Crippen LogP contribution in [0.5, 0.6) is 0 Å². The molecule has 108 valence electrons. The first kappa shape index (κ1) is 13.3. The third-order valence-corrected chi connectivity index (χ3v) is 3.12. The largest absolute Gasteiger partial charge is 0.444 e. The number of hydrogen-bond donors (Lipinski definition) is 1. The number of fused-ring (bicyclic) bond motifs is 1. The maximum Gasteiger partial charge on any atom is 0.272 e. The number of benzene rings is 1. The van der Waals surface area contributed by atoms with Crippen molar-refractivity contribution in [1.29, 1.82) is 0 Å². The Bertz CT molecular complexity index is 822. The summed E-state index contributed by atoms with van der Waals surface area (Å²) < 4.78 is 20.2. The van der Waals surface area contributed by atoms with Crippen LogP contribution in [0.2, 0.25) is 0 Å². The number of halogens is 1. The summed E-state index contributed by atoms with van der Waals surface area (Å²) in [6.07, 6.45) is 1.55. The van der Waals surface area contributed by atoms with Crippen LogP contribution in [0.3, 0.4) is 0 Å². The van der Waals surface area contributed by atoms with Crippen molar-refractivity contribution < 1.29 is 13.6 Å². The van der Waals surface area contributed by atoms with Gasteiger partial charge in [-0.05, 0) is 18.2 Å². The van der Waals surface area contributed by atoms with E-state index in [1.54, 1.807) is 30.9 Å². The summed E-state index contributed by atoms with van der Waals surface area (Å²) in [6, 6.07) is 4.23. The second-order valence-corrected chi connectivity index (χ2v) is 4.66. The van der Waals surface area contributed by atoms with Crippen LogP contribution in [0.15, 0.2) is 28.8 Å². The number of carbonyl (C=O) groups is 1. The monoisotopic (exact) mass is 288 g/mol. The highest BCUT2D eigenvalue weighted by Gasteiger charge is 2.16. The first-order valence-electron chi connectivity index (χ1n) is 6.36. The van der Waals surface area contributed by atoms with E-state index in [4.69, 9.17) is 4.42 Å². The van der Waals surface area contributed by atoms with Gasteiger partial charge in [-0.2, -0.15) is 5.10 Å². The summed E-state index contributed by atoms with van der Waals surface area (Å²) in [5, 5.41) is 7.30. The highest BCUT2D eigenvalue weighted by molar-refractivity contribution is 6.04. The minimum Gasteiger partial charge on any atom is -0.444 e. The molecule has 7 heteroatoms. The molecule has 0 aliphatic rings. The first-order valence-corrected chi connectivity index (χ1v) is 6.36. The van der Waals surface area contributed by atoms with Crippen LogP contribution >= 0.6 is 0 Å². The normalized spacial score (nSPS) is 11.0. The smallest absolute Gasteiger partial charge is 0.272 e. The standard InChI is InChI=1S/C14H13FN4O2/c1-8-16-6-10(21-8)7-17-14(20)13-11-5-9(15)3-4-12(11)19(2)18-13/h3-6H,7H2,1-2H3,(H,17,20). The molecule has 0 aliphatic heterocycles. The Labute approximate surface area is 119 Å². The zero-order valence-corrected chi connectivity index (χ0v) is 11.6. The summed E-state index contributed by atoms with van der Waals surface area (Å²) in [5.41, 5.74) is 0.875. The molecule has 2 aromatic heterocycles. The molecule has 1 amide bonds. The Kier molecular flexibility index (Phi) is 3.17. The predicted molar refractivity (Wildman–Crippen MR) is 73.1 cm³/mol. The fourth-order valence-corrected chi connectivity index (χ4v) is 2.14. The highest BCUT2D eigenvalue weighted by atomic mass is 19.1. The number of oxazole rings is 1. The van der Waals surface area contributed by atoms with Crippen LogP contribution in [-0.4, -0.2) is 20.7 Å². The van der Waals surface area contributed by atoms with E-state index in [9.17, 15) is 9.18 Å². The third-order valence-electron chi connectivity index (χ3n) is 3.12. The average molecular weight is 288 g/mol. The number of rotatable bonds is 3. The van der Waals surface area contributed by atoms with Crippen molar-refractivity contribution in [2.45, 2.75) is 13.5 Å². The Morgan fingerprint density at radius 2 is 2.29 bits per heavy atom. The molecule has 0 saturated carbocycles. The van der Waals surface area contributed by atoms with Crippen LogP contribution in [0.25, 0.3) is 10.9 Å². The molecule has 0 bridgehead atoms. The van der Waals surface area contributed by atoms with Crippen molar-refractivity contribution in [1.82, 2.24) is 20.1 Å². The summed E-state index contributed by atoms with van der Waals surface area (Å²) in [4.78, 5) is 16.1. The van der Waals surface area contributed by atoms with Gasteiger partial charge in [-0.15, -0.1) is 0 Å². The zero-order valence-electron chi connectivity index (χ0n) is 11.6. The average Bonchev–Trinajstić information content (AvgIpc) is 3.00. The van der Waals surface area contributed by atoms with Crippen LogP contribution in [-0.2, 0) is 13.6 Å². The molecule has 1 aromatic carbocycles. The van der Waals surface area contributed by atoms with Crippen molar-refractivity contribution >= 4 is 16.8 Å². The summed E-state index contributed by atoms with van der Waals surface area (Å²) in [7, 11) is 1.71. The van der Waals surface area contributed by atoms with Gasteiger partial charge in [0.15, 0.2) is 11.6 Å². The van der Waals surface area contributed by atoms with Gasteiger partial charge in [-0.3, -0.25) is 9.48 Å². The van der Waals surface area contributed by atoms with Crippen molar-refractivity contribution in [3.63, 3.8) is 0 Å². The lowest BCUT2D eigenvalue weighted by atomic mass is 10.2. The number of hydrogen-bond acceptors (Lipinski definition) is 4. The molecule has 6 nitrogen and oxygen atoms in total. The van der Waals surface area contributed by atoms with E-state index < -0.39 is 5.82 Å². The van der Waals surface area contributed by atoms with Crippen LogP contribution in [0, 0.1) is 12.7 Å². The van der Waals surface area contributed by atoms with E-state index in [0.717, 1.165) is 0 Å². The van der Waals surface area contributed by atoms with Crippen LogP contribution in [0.4, 0.5) is 4.39 Å². The van der Waals surface area contributed by atoms with E-state index in [1.807, 2.05) is 0 Å². The van der Waals surface area contributed by atoms with Gasteiger partial charge in [0.1, 0.15) is 11.6 Å². The number of nitrogens with zero attached hydrogens (tertiary/aromatic N) is 3. The minimum atomic E-state index is -0.407. The molecular formula is C14H13FN4O2. The molecule has 0 unspecified atom stereocenters. The van der Waals surface area contributed by atoms with Gasteiger partial charge in [0.2, 0.25) is 0 Å². The molecule has 1 N–H and O–H groups in total. The lowest BCUT2D eigenvalue weighted by Gasteiger charge is -2.00. The van der Waals surface area contributed by atoms with Crippen molar-refractivity contribution in [2.75, 3.05) is 0 Å². The lowest BCUT2D eigenvalue weighted by Crippen LogP contribution is -2.23. The Morgan fingerprint density at radius 1 is 1.48 bits per heavy atom. The van der Waals surface area contributed by atoms with Gasteiger partial charge in [0.25, 0.3) is 5.91 Å². The molecule has 2 heterocycles. The summed E-state index contributed by atoms with van der Waals surface area (Å²) >= 11 is 0. The fraction of sp³-hybridized carbons (Fsp3) is 0.214. The van der Waals surface area contributed by atoms with Gasteiger partial charge in [-0.25, -0.2) is 9.37 Å². The highest BCUT2D eigenvalue weighted by Crippen LogP contribution is 2.19. The maximum absolute atomic E-state index is 13.4. The molecule has 3 aromatic rings. The molecule has 0 saturated heterocycles. The summed E-state index contributed by atoms with van der Waals surface area (Å²) in [6.45, 7) is 1.92. The van der Waals surface area contributed by atoms with E-state index in [1.165, 1.54) is 12.1 Å². The van der Waals surface area contributed by atoms with Gasteiger partial charge in [0.05, 0.1) is 18.3 Å². The lowest BCUT2D eigenvalue weighted by molar-refractivity contribution is 0.0943. The molecular weight excluding hydrogens is 275 g/mol. The van der Waals surface area contributed by atoms with E-state index >= 15 is 0 Å². The summed E-state index contributed by atoms with van der Waals surface area (Å²) in [5.74, 6) is 0.285. The van der Waals surface area contributed by atoms with E-state index in [-0.39, 0.29) is 18.1 Å². The second-order valence-electron chi connectivity index (χ2n) is 4.66. The second kappa shape index (κ2) is 5.01. The molecule has 0 spiro atoms. The minimum absolute atomic E-state index is 0.184. The van der Waals surface area contributed by atoms with E-state index in [0.29, 0.717) is 22.6 Å². The van der Waals surface area contributed by atoms with Crippen molar-refractivity contribution in [2.24, 2.45) is 7.05 Å². The molecule has 21 heavy (non-hydrogen) atoms. The van der Waals surface area contributed by atoms with Gasteiger partial charge < -0.3 is 9.73 Å². The molecule has 0 atom stereocenters. The number of aryl methyl sites for hydroxylation is 2. The maximum atomic E-state index is 13.4.